The number of nitrogens with one attached hydrogen (secondary N) is 1. The van der Waals surface area contributed by atoms with Gasteiger partial charge >= 0.3 is 5.97 Å². The number of aromatic nitrogens is 3. The Morgan fingerprint density at radius 1 is 1.41 bits per heavy atom. The van der Waals surface area contributed by atoms with E-state index in [0.717, 1.165) is 23.0 Å². The number of imidazole rings is 1. The highest BCUT2D eigenvalue weighted by molar-refractivity contribution is 5.84. The third-order valence-corrected chi connectivity index (χ3v) is 2.24. The van der Waals surface area contributed by atoms with Crippen LogP contribution in [0.1, 0.15) is 11.5 Å². The van der Waals surface area contributed by atoms with E-state index in [9.17, 15) is 4.79 Å². The fraction of sp³-hybridized carbons (Fsp3) is 0.0833. The molecule has 0 amide bonds. The molecule has 2 rings (SSSR count). The number of H-pyrrole nitrogens is 1. The van der Waals surface area contributed by atoms with E-state index in [1.807, 2.05) is 19.1 Å². The number of aromatic amines is 1. The molecule has 0 aromatic carbocycles. The zero-order valence-corrected chi connectivity index (χ0v) is 9.21. The average Bonchev–Trinajstić information content (AvgIpc) is 2.69. The van der Waals surface area contributed by atoms with Gasteiger partial charge in [0, 0.05) is 29.7 Å². The van der Waals surface area contributed by atoms with Gasteiger partial charge in [0.1, 0.15) is 5.82 Å². The summed E-state index contributed by atoms with van der Waals surface area (Å²) in [6.45, 7) is 1.89. The van der Waals surface area contributed by atoms with Crippen molar-refractivity contribution in [1.29, 1.82) is 0 Å². The second kappa shape index (κ2) is 4.61. The number of aliphatic carboxylic acids is 1. The minimum absolute atomic E-state index is 0.525. The van der Waals surface area contributed by atoms with Crippen molar-refractivity contribution in [3.63, 3.8) is 0 Å². The van der Waals surface area contributed by atoms with Crippen molar-refractivity contribution in [2.75, 3.05) is 0 Å². The lowest BCUT2D eigenvalue weighted by Crippen LogP contribution is -1.86. The third kappa shape index (κ3) is 2.57. The van der Waals surface area contributed by atoms with Crippen molar-refractivity contribution in [1.82, 2.24) is 15.0 Å². The van der Waals surface area contributed by atoms with Crippen molar-refractivity contribution < 1.29 is 9.90 Å². The molecular formula is C12H11N3O2. The Morgan fingerprint density at radius 2 is 2.12 bits per heavy atom. The molecule has 0 atom stereocenters. The molecule has 0 saturated heterocycles. The first-order chi connectivity index (χ1) is 8.16. The Labute approximate surface area is 97.9 Å². The molecule has 0 fully saturated rings. The summed E-state index contributed by atoms with van der Waals surface area (Å²) in [6.07, 6.45) is 5.86. The molecule has 2 heterocycles. The molecular weight excluding hydrogens is 218 g/mol. The molecule has 0 unspecified atom stereocenters. The summed E-state index contributed by atoms with van der Waals surface area (Å²) < 4.78 is 0. The summed E-state index contributed by atoms with van der Waals surface area (Å²) in [7, 11) is 0. The topological polar surface area (TPSA) is 78.9 Å². The van der Waals surface area contributed by atoms with Crippen LogP contribution in [0.2, 0.25) is 0 Å². The van der Waals surface area contributed by atoms with Gasteiger partial charge in [0.2, 0.25) is 0 Å². The van der Waals surface area contributed by atoms with Crippen LogP contribution in [0.3, 0.4) is 0 Å². The van der Waals surface area contributed by atoms with Crippen LogP contribution in [0.4, 0.5) is 0 Å². The number of nitrogens with zero attached hydrogens (tertiary/aromatic N) is 2. The molecule has 0 aliphatic rings. The lowest BCUT2D eigenvalue weighted by atomic mass is 10.2. The summed E-state index contributed by atoms with van der Waals surface area (Å²) in [4.78, 5) is 21.7. The van der Waals surface area contributed by atoms with E-state index >= 15 is 0 Å². The maximum absolute atomic E-state index is 10.4. The predicted octanol–water partition coefficient (Wildman–Crippen LogP) is 1.88. The normalized spacial score (nSPS) is 10.9. The maximum atomic E-state index is 10.4. The number of carboxylic acids is 1. The molecule has 0 bridgehead atoms. The van der Waals surface area contributed by atoms with Crippen molar-refractivity contribution in [3.05, 3.63) is 42.1 Å². The van der Waals surface area contributed by atoms with Crippen LogP contribution in [0.15, 0.2) is 30.6 Å². The van der Waals surface area contributed by atoms with Gasteiger partial charge in [-0.3, -0.25) is 4.98 Å². The Balaban J connectivity index is 2.35. The van der Waals surface area contributed by atoms with Crippen molar-refractivity contribution in [2.24, 2.45) is 0 Å². The number of aryl methyl sites for hydroxylation is 1. The number of hydrogen-bond acceptors (Lipinski definition) is 3. The van der Waals surface area contributed by atoms with Gasteiger partial charge in [-0.25, -0.2) is 9.78 Å². The minimum atomic E-state index is -0.996. The molecule has 2 aromatic rings. The van der Waals surface area contributed by atoms with Gasteiger partial charge in [0.25, 0.3) is 0 Å². The van der Waals surface area contributed by atoms with E-state index in [1.165, 1.54) is 6.08 Å². The fourth-order valence-electron chi connectivity index (χ4n) is 1.50. The second-order valence-corrected chi connectivity index (χ2v) is 3.50. The van der Waals surface area contributed by atoms with E-state index in [4.69, 9.17) is 5.11 Å². The van der Waals surface area contributed by atoms with Gasteiger partial charge in [-0.1, -0.05) is 0 Å². The summed E-state index contributed by atoms with van der Waals surface area (Å²) in [5, 5.41) is 8.53. The molecule has 0 spiro atoms. The lowest BCUT2D eigenvalue weighted by molar-refractivity contribution is -0.131. The average molecular weight is 229 g/mol. The monoisotopic (exact) mass is 229 g/mol. The number of carbonyl (C=O) groups is 1. The number of carboxylic acid groups (broad SMARTS) is 1. The summed E-state index contributed by atoms with van der Waals surface area (Å²) >= 11 is 0. The zero-order valence-electron chi connectivity index (χ0n) is 9.21. The molecule has 2 aromatic heterocycles. The second-order valence-electron chi connectivity index (χ2n) is 3.50. The Morgan fingerprint density at radius 3 is 2.76 bits per heavy atom. The summed E-state index contributed by atoms with van der Waals surface area (Å²) in [6, 6.07) is 3.71. The van der Waals surface area contributed by atoms with Crippen LogP contribution in [0, 0.1) is 6.92 Å². The first-order valence-electron chi connectivity index (χ1n) is 5.05. The van der Waals surface area contributed by atoms with Crippen LogP contribution in [0.5, 0.6) is 0 Å². The van der Waals surface area contributed by atoms with Crippen LogP contribution >= 0.6 is 0 Å². The van der Waals surface area contributed by atoms with Crippen molar-refractivity contribution >= 4 is 12.0 Å². The smallest absolute Gasteiger partial charge is 0.328 e. The number of pyridine rings is 1. The van der Waals surface area contributed by atoms with E-state index in [1.54, 1.807) is 12.4 Å². The van der Waals surface area contributed by atoms with Gasteiger partial charge in [-0.15, -0.1) is 0 Å². The SMILES string of the molecule is Cc1[nH]c(/C=C/C(=O)O)nc1-c1ccncc1. The van der Waals surface area contributed by atoms with Gasteiger partial charge < -0.3 is 10.1 Å². The predicted molar refractivity (Wildman–Crippen MR) is 63.2 cm³/mol. The van der Waals surface area contributed by atoms with Gasteiger partial charge in [-0.05, 0) is 25.1 Å². The van der Waals surface area contributed by atoms with Gasteiger partial charge in [-0.2, -0.15) is 0 Å². The van der Waals surface area contributed by atoms with Crippen LogP contribution in [0.25, 0.3) is 17.3 Å². The highest BCUT2D eigenvalue weighted by Gasteiger charge is 2.06. The van der Waals surface area contributed by atoms with Crippen LogP contribution in [-0.2, 0) is 4.79 Å². The largest absolute Gasteiger partial charge is 0.478 e. The molecule has 0 aliphatic carbocycles. The highest BCUT2D eigenvalue weighted by Crippen LogP contribution is 2.20. The first kappa shape index (κ1) is 11.1. The quantitative estimate of drug-likeness (QED) is 0.787. The van der Waals surface area contributed by atoms with Crippen molar-refractivity contribution in [2.45, 2.75) is 6.92 Å². The maximum Gasteiger partial charge on any atom is 0.328 e. The minimum Gasteiger partial charge on any atom is -0.478 e. The zero-order chi connectivity index (χ0) is 12.3. The lowest BCUT2D eigenvalue weighted by Gasteiger charge is -1.95. The Kier molecular flexibility index (Phi) is 3.00. The summed E-state index contributed by atoms with van der Waals surface area (Å²) in [5.74, 6) is -0.471. The van der Waals surface area contributed by atoms with E-state index in [-0.39, 0.29) is 0 Å². The van der Waals surface area contributed by atoms with Gasteiger partial charge in [0.05, 0.1) is 5.69 Å². The third-order valence-electron chi connectivity index (χ3n) is 2.24. The first-order valence-corrected chi connectivity index (χ1v) is 5.05. The van der Waals surface area contributed by atoms with Gasteiger partial charge in [0.15, 0.2) is 0 Å². The fourth-order valence-corrected chi connectivity index (χ4v) is 1.50. The van der Waals surface area contributed by atoms with Crippen molar-refractivity contribution in [3.8, 4) is 11.3 Å². The molecule has 0 radical (unpaired) electrons. The summed E-state index contributed by atoms with van der Waals surface area (Å²) in [5.41, 5.74) is 2.64. The number of hydrogen-bond donors (Lipinski definition) is 2. The van der Waals surface area contributed by atoms with E-state index in [0.29, 0.717) is 5.82 Å². The molecule has 86 valence electrons. The number of rotatable bonds is 3. The van der Waals surface area contributed by atoms with Crippen LogP contribution < -0.4 is 0 Å². The molecule has 0 aliphatic heterocycles. The Hall–Kier alpha value is -2.43. The van der Waals surface area contributed by atoms with E-state index < -0.39 is 5.97 Å². The van der Waals surface area contributed by atoms with Crippen LogP contribution in [-0.4, -0.2) is 26.0 Å². The standard InChI is InChI=1S/C12H11N3O2/c1-8-12(9-4-6-13-7-5-9)15-10(14-8)2-3-11(16)17/h2-7H,1H3,(H,14,15)(H,16,17)/b3-2+. The highest BCUT2D eigenvalue weighted by atomic mass is 16.4. The molecule has 5 heteroatoms. The Bertz CT molecular complexity index is 558. The molecule has 0 saturated carbocycles. The van der Waals surface area contributed by atoms with E-state index in [2.05, 4.69) is 15.0 Å². The molecule has 2 N–H and O–H groups in total. The molecule has 17 heavy (non-hydrogen) atoms. The molecule has 5 nitrogen and oxygen atoms in total.